The number of nitrogens with zero attached hydrogens (tertiary/aromatic N) is 2. The summed E-state index contributed by atoms with van der Waals surface area (Å²) in [5.74, 6) is 0.372. The van der Waals surface area contributed by atoms with Crippen LogP contribution < -0.4 is 0 Å². The van der Waals surface area contributed by atoms with Crippen LogP contribution in [-0.4, -0.2) is 47.8 Å². The normalized spacial score (nSPS) is 20.2. The summed E-state index contributed by atoms with van der Waals surface area (Å²) in [6.45, 7) is 6.81. The number of carbonyl (C=O) groups is 2. The predicted octanol–water partition coefficient (Wildman–Crippen LogP) is 3.11. The van der Waals surface area contributed by atoms with Gasteiger partial charge in [-0.25, -0.2) is 0 Å². The highest BCUT2D eigenvalue weighted by molar-refractivity contribution is 5.94. The van der Waals surface area contributed by atoms with Crippen LogP contribution in [0.15, 0.2) is 24.3 Å². The van der Waals surface area contributed by atoms with Gasteiger partial charge in [0.25, 0.3) is 5.91 Å². The molecular weight excluding hydrogens is 300 g/mol. The highest BCUT2D eigenvalue weighted by Gasteiger charge is 2.40. The van der Waals surface area contributed by atoms with Crippen molar-refractivity contribution in [2.24, 2.45) is 5.41 Å². The summed E-state index contributed by atoms with van der Waals surface area (Å²) in [5.41, 5.74) is 1.82. The van der Waals surface area contributed by atoms with E-state index in [1.54, 1.807) is 0 Å². The molecule has 2 amide bonds. The van der Waals surface area contributed by atoms with Crippen LogP contribution in [0.3, 0.4) is 0 Å². The van der Waals surface area contributed by atoms with E-state index in [9.17, 15) is 9.59 Å². The Morgan fingerprint density at radius 2 is 1.50 bits per heavy atom. The number of carbonyl (C=O) groups excluding carboxylic acids is 2. The zero-order chi connectivity index (χ0) is 17.2. The minimum atomic E-state index is -0.165. The highest BCUT2D eigenvalue weighted by atomic mass is 16.2. The fraction of sp³-hybridized carbons (Fsp3) is 0.600. The first-order valence-electron chi connectivity index (χ1n) is 9.21. The van der Waals surface area contributed by atoms with Gasteiger partial charge in [0.1, 0.15) is 0 Å². The first-order valence-corrected chi connectivity index (χ1v) is 9.21. The van der Waals surface area contributed by atoms with E-state index in [1.807, 2.05) is 34.1 Å². The van der Waals surface area contributed by atoms with Gasteiger partial charge in [-0.15, -0.1) is 0 Å². The van der Waals surface area contributed by atoms with E-state index in [1.165, 1.54) is 5.56 Å². The van der Waals surface area contributed by atoms with Gasteiger partial charge in [-0.1, -0.05) is 38.8 Å². The van der Waals surface area contributed by atoms with Crippen LogP contribution >= 0.6 is 0 Å². The lowest BCUT2D eigenvalue weighted by molar-refractivity contribution is -0.142. The van der Waals surface area contributed by atoms with Crippen molar-refractivity contribution in [3.63, 3.8) is 0 Å². The van der Waals surface area contributed by atoms with Crippen LogP contribution in [0.2, 0.25) is 0 Å². The molecule has 1 heterocycles. The van der Waals surface area contributed by atoms with Gasteiger partial charge in [-0.3, -0.25) is 9.59 Å². The third-order valence-electron chi connectivity index (χ3n) is 5.69. The second-order valence-electron chi connectivity index (χ2n) is 7.40. The number of piperazine rings is 1. The molecule has 1 saturated heterocycles. The number of hydrogen-bond acceptors (Lipinski definition) is 2. The Kier molecular flexibility index (Phi) is 4.93. The van der Waals surface area contributed by atoms with E-state index in [-0.39, 0.29) is 11.3 Å². The molecule has 0 radical (unpaired) electrons. The van der Waals surface area contributed by atoms with Crippen molar-refractivity contribution in [1.82, 2.24) is 9.80 Å². The highest BCUT2D eigenvalue weighted by Crippen LogP contribution is 2.39. The average molecular weight is 328 g/mol. The molecule has 4 heteroatoms. The Hall–Kier alpha value is -1.84. The monoisotopic (exact) mass is 328 g/mol. The zero-order valence-electron chi connectivity index (χ0n) is 14.9. The van der Waals surface area contributed by atoms with Crippen molar-refractivity contribution in [3.05, 3.63) is 35.4 Å². The van der Waals surface area contributed by atoms with Crippen LogP contribution in [0.1, 0.15) is 55.5 Å². The maximum Gasteiger partial charge on any atom is 0.253 e. The van der Waals surface area contributed by atoms with Gasteiger partial charge in [-0.2, -0.15) is 0 Å². The molecule has 1 aliphatic carbocycles. The lowest BCUT2D eigenvalue weighted by Crippen LogP contribution is -2.53. The number of benzene rings is 1. The Morgan fingerprint density at radius 3 is 2.04 bits per heavy atom. The van der Waals surface area contributed by atoms with Gasteiger partial charge in [0.05, 0.1) is 0 Å². The van der Waals surface area contributed by atoms with Crippen LogP contribution in [-0.2, 0) is 11.2 Å². The molecule has 0 atom stereocenters. The third-order valence-corrected chi connectivity index (χ3v) is 5.69. The number of hydrogen-bond donors (Lipinski definition) is 0. The molecule has 24 heavy (non-hydrogen) atoms. The van der Waals surface area contributed by atoms with Gasteiger partial charge in [0.2, 0.25) is 5.91 Å². The molecule has 3 rings (SSSR count). The summed E-state index contributed by atoms with van der Waals surface area (Å²) < 4.78 is 0. The molecule has 1 saturated carbocycles. The average Bonchev–Trinajstić information content (AvgIpc) is 3.08. The van der Waals surface area contributed by atoms with E-state index in [0.717, 1.165) is 37.7 Å². The SMILES string of the molecule is CCc1ccc(C(=O)N2CCN(C(=O)C3(C)CCCC3)CC2)cc1. The van der Waals surface area contributed by atoms with Crippen molar-refractivity contribution in [3.8, 4) is 0 Å². The van der Waals surface area contributed by atoms with Gasteiger partial charge < -0.3 is 9.80 Å². The van der Waals surface area contributed by atoms with Crippen molar-refractivity contribution < 1.29 is 9.59 Å². The largest absolute Gasteiger partial charge is 0.339 e. The molecule has 1 aromatic rings. The molecule has 2 aliphatic rings. The summed E-state index contributed by atoms with van der Waals surface area (Å²) in [6.07, 6.45) is 5.32. The molecule has 0 spiro atoms. The minimum Gasteiger partial charge on any atom is -0.339 e. The Morgan fingerprint density at radius 1 is 0.958 bits per heavy atom. The summed E-state index contributed by atoms with van der Waals surface area (Å²) in [6, 6.07) is 7.87. The fourth-order valence-electron chi connectivity index (χ4n) is 3.93. The summed E-state index contributed by atoms with van der Waals surface area (Å²) in [4.78, 5) is 29.2. The van der Waals surface area contributed by atoms with Crippen LogP contribution in [0, 0.1) is 5.41 Å². The van der Waals surface area contributed by atoms with Crippen LogP contribution in [0.25, 0.3) is 0 Å². The molecule has 4 nitrogen and oxygen atoms in total. The number of rotatable bonds is 3. The van der Waals surface area contributed by atoms with E-state index < -0.39 is 0 Å². The summed E-state index contributed by atoms with van der Waals surface area (Å²) in [5, 5.41) is 0. The van der Waals surface area contributed by atoms with Gasteiger partial charge in [-0.05, 0) is 37.0 Å². The smallest absolute Gasteiger partial charge is 0.253 e. The van der Waals surface area contributed by atoms with Crippen molar-refractivity contribution in [1.29, 1.82) is 0 Å². The van der Waals surface area contributed by atoms with Gasteiger partial charge >= 0.3 is 0 Å². The first kappa shape index (κ1) is 17.0. The Balaban J connectivity index is 1.58. The molecule has 0 unspecified atom stereocenters. The fourth-order valence-corrected chi connectivity index (χ4v) is 3.93. The van der Waals surface area contributed by atoms with E-state index >= 15 is 0 Å². The Bertz CT molecular complexity index is 595. The lowest BCUT2D eigenvalue weighted by atomic mass is 9.87. The molecule has 0 aromatic heterocycles. The quantitative estimate of drug-likeness (QED) is 0.855. The molecule has 130 valence electrons. The summed E-state index contributed by atoms with van der Waals surface area (Å²) >= 11 is 0. The van der Waals surface area contributed by atoms with Crippen molar-refractivity contribution >= 4 is 11.8 Å². The van der Waals surface area contributed by atoms with E-state index in [2.05, 4.69) is 13.8 Å². The molecule has 1 aromatic carbocycles. The lowest BCUT2D eigenvalue weighted by Gasteiger charge is -2.38. The van der Waals surface area contributed by atoms with E-state index in [4.69, 9.17) is 0 Å². The topological polar surface area (TPSA) is 40.6 Å². The molecular formula is C20H28N2O2. The second kappa shape index (κ2) is 6.96. The summed E-state index contributed by atoms with van der Waals surface area (Å²) in [7, 11) is 0. The maximum atomic E-state index is 12.8. The molecule has 1 aliphatic heterocycles. The van der Waals surface area contributed by atoms with Crippen molar-refractivity contribution in [2.75, 3.05) is 26.2 Å². The van der Waals surface area contributed by atoms with E-state index in [0.29, 0.717) is 32.1 Å². The van der Waals surface area contributed by atoms with Gasteiger partial charge in [0.15, 0.2) is 0 Å². The first-order chi connectivity index (χ1) is 11.5. The number of aryl methyl sites for hydroxylation is 1. The minimum absolute atomic E-state index is 0.0804. The Labute approximate surface area is 144 Å². The van der Waals surface area contributed by atoms with Crippen LogP contribution in [0.4, 0.5) is 0 Å². The van der Waals surface area contributed by atoms with Gasteiger partial charge in [0, 0.05) is 37.2 Å². The van der Waals surface area contributed by atoms with Crippen molar-refractivity contribution in [2.45, 2.75) is 46.0 Å². The number of amides is 2. The maximum absolute atomic E-state index is 12.8. The zero-order valence-corrected chi connectivity index (χ0v) is 14.9. The molecule has 0 N–H and O–H groups in total. The van der Waals surface area contributed by atoms with Crippen LogP contribution in [0.5, 0.6) is 0 Å². The standard InChI is InChI=1S/C20H28N2O2/c1-3-16-6-8-17(9-7-16)18(23)21-12-14-22(15-13-21)19(24)20(2)10-4-5-11-20/h6-9H,3-5,10-15H2,1-2H3. The molecule has 2 fully saturated rings. The third kappa shape index (κ3) is 3.33. The molecule has 0 bridgehead atoms. The second-order valence-corrected chi connectivity index (χ2v) is 7.40. The predicted molar refractivity (Wildman–Crippen MR) is 94.9 cm³/mol.